The highest BCUT2D eigenvalue weighted by Crippen LogP contribution is 2.34. The molecule has 16 heavy (non-hydrogen) atoms. The van der Waals surface area contributed by atoms with E-state index in [2.05, 4.69) is 15.0 Å². The molecule has 0 saturated heterocycles. The molecule has 0 unspecified atom stereocenters. The zero-order chi connectivity index (χ0) is 11.5. The lowest BCUT2D eigenvalue weighted by Gasteiger charge is -2.08. The first-order valence-electron chi connectivity index (χ1n) is 4.54. The van der Waals surface area contributed by atoms with Gasteiger partial charge in [-0.25, -0.2) is 9.97 Å². The fraction of sp³-hybridized carbons (Fsp3) is 0.200. The summed E-state index contributed by atoms with van der Waals surface area (Å²) < 4.78 is 10.3. The summed E-state index contributed by atoms with van der Waals surface area (Å²) in [6.45, 7) is 0. The Bertz CT molecular complexity index is 476. The highest BCUT2D eigenvalue weighted by Gasteiger charge is 2.16. The molecular weight excluding hydrogens is 230 g/mol. The van der Waals surface area contributed by atoms with Crippen molar-refractivity contribution in [2.75, 3.05) is 14.2 Å². The van der Waals surface area contributed by atoms with Gasteiger partial charge in [-0.3, -0.25) is 0 Å². The molecule has 5 nitrogen and oxygen atoms in total. The van der Waals surface area contributed by atoms with Crippen LogP contribution in [0.15, 0.2) is 18.5 Å². The zero-order valence-corrected chi connectivity index (χ0v) is 9.58. The summed E-state index contributed by atoms with van der Waals surface area (Å²) in [5, 5.41) is 0.531. The maximum absolute atomic E-state index is 5.82. The van der Waals surface area contributed by atoms with Gasteiger partial charge < -0.3 is 14.5 Å². The highest BCUT2D eigenvalue weighted by atomic mass is 35.5. The topological polar surface area (TPSA) is 60.0 Å². The number of nitrogens with one attached hydrogen (secondary N) is 1. The molecule has 0 fully saturated rings. The summed E-state index contributed by atoms with van der Waals surface area (Å²) in [7, 11) is 3.08. The fourth-order valence-electron chi connectivity index (χ4n) is 1.41. The Labute approximate surface area is 97.4 Å². The lowest BCUT2D eigenvalue weighted by Crippen LogP contribution is -1.98. The molecule has 0 aliphatic rings. The summed E-state index contributed by atoms with van der Waals surface area (Å²) >= 11 is 5.82. The van der Waals surface area contributed by atoms with Gasteiger partial charge in [0.2, 0.25) is 11.8 Å². The fourth-order valence-corrected chi connectivity index (χ4v) is 1.57. The van der Waals surface area contributed by atoms with E-state index in [0.717, 1.165) is 5.69 Å². The monoisotopic (exact) mass is 239 g/mol. The van der Waals surface area contributed by atoms with Crippen molar-refractivity contribution in [2.24, 2.45) is 0 Å². The molecule has 2 aromatic heterocycles. The SMILES string of the molecule is COc1ncnc(OC)c1-c1ccc(Cl)[nH]1. The number of nitrogens with zero attached hydrogens (tertiary/aromatic N) is 2. The van der Waals surface area contributed by atoms with Gasteiger partial charge in [0.1, 0.15) is 17.0 Å². The van der Waals surface area contributed by atoms with Crippen LogP contribution in [0.1, 0.15) is 0 Å². The quantitative estimate of drug-likeness (QED) is 0.892. The first-order chi connectivity index (χ1) is 7.76. The summed E-state index contributed by atoms with van der Waals surface area (Å²) in [4.78, 5) is 11.0. The zero-order valence-electron chi connectivity index (χ0n) is 8.82. The Hall–Kier alpha value is -1.75. The van der Waals surface area contributed by atoms with Crippen LogP contribution in [-0.2, 0) is 0 Å². The van der Waals surface area contributed by atoms with E-state index in [0.29, 0.717) is 22.5 Å². The van der Waals surface area contributed by atoms with Gasteiger partial charge in [0.25, 0.3) is 0 Å². The third-order valence-electron chi connectivity index (χ3n) is 2.08. The summed E-state index contributed by atoms with van der Waals surface area (Å²) in [5.74, 6) is 0.871. The van der Waals surface area contributed by atoms with E-state index in [1.807, 2.05) is 6.07 Å². The molecule has 2 aromatic rings. The number of methoxy groups -OCH3 is 2. The molecule has 0 aliphatic carbocycles. The minimum Gasteiger partial charge on any atom is -0.480 e. The molecule has 1 N–H and O–H groups in total. The van der Waals surface area contributed by atoms with Crippen LogP contribution in [0.4, 0.5) is 0 Å². The molecule has 0 saturated carbocycles. The van der Waals surface area contributed by atoms with E-state index in [4.69, 9.17) is 21.1 Å². The average Bonchev–Trinajstić information content (AvgIpc) is 2.74. The Morgan fingerprint density at radius 1 is 1.12 bits per heavy atom. The maximum atomic E-state index is 5.82. The van der Waals surface area contributed by atoms with Crippen molar-refractivity contribution in [3.8, 4) is 23.0 Å². The van der Waals surface area contributed by atoms with Crippen LogP contribution in [0.5, 0.6) is 11.8 Å². The number of ether oxygens (including phenoxy) is 2. The molecule has 2 rings (SSSR count). The van der Waals surface area contributed by atoms with Crippen LogP contribution in [-0.4, -0.2) is 29.2 Å². The van der Waals surface area contributed by atoms with E-state index in [1.54, 1.807) is 6.07 Å². The summed E-state index contributed by atoms with van der Waals surface area (Å²) in [6, 6.07) is 3.55. The second-order valence-corrected chi connectivity index (χ2v) is 3.39. The molecule has 0 aromatic carbocycles. The van der Waals surface area contributed by atoms with Gasteiger partial charge in [0, 0.05) is 0 Å². The van der Waals surface area contributed by atoms with Crippen LogP contribution in [0, 0.1) is 0 Å². The number of hydrogen-bond acceptors (Lipinski definition) is 4. The van der Waals surface area contributed by atoms with Gasteiger partial charge in [-0.2, -0.15) is 0 Å². The minimum atomic E-state index is 0.436. The van der Waals surface area contributed by atoms with Crippen molar-refractivity contribution >= 4 is 11.6 Å². The summed E-state index contributed by atoms with van der Waals surface area (Å²) in [5.41, 5.74) is 1.40. The molecule has 2 heterocycles. The van der Waals surface area contributed by atoms with Gasteiger partial charge in [0.05, 0.1) is 19.9 Å². The van der Waals surface area contributed by atoms with Gasteiger partial charge in [-0.05, 0) is 12.1 Å². The van der Waals surface area contributed by atoms with Crippen molar-refractivity contribution in [2.45, 2.75) is 0 Å². The normalized spacial score (nSPS) is 10.2. The standard InChI is InChI=1S/C10H10ClN3O2/c1-15-9-8(6-3-4-7(11)14-6)10(16-2)13-5-12-9/h3-5,14H,1-2H3. The number of aromatic amines is 1. The van der Waals surface area contributed by atoms with Crippen LogP contribution >= 0.6 is 11.6 Å². The Morgan fingerprint density at radius 3 is 2.19 bits per heavy atom. The molecule has 0 aliphatic heterocycles. The van der Waals surface area contributed by atoms with Crippen LogP contribution in [0.2, 0.25) is 5.15 Å². The lowest BCUT2D eigenvalue weighted by molar-refractivity contribution is 0.374. The maximum Gasteiger partial charge on any atom is 0.229 e. The van der Waals surface area contributed by atoms with Crippen molar-refractivity contribution in [1.82, 2.24) is 15.0 Å². The second kappa shape index (κ2) is 4.40. The molecule has 0 bridgehead atoms. The van der Waals surface area contributed by atoms with E-state index >= 15 is 0 Å². The first-order valence-corrected chi connectivity index (χ1v) is 4.92. The number of halogens is 1. The van der Waals surface area contributed by atoms with Crippen LogP contribution < -0.4 is 9.47 Å². The number of aromatic nitrogens is 3. The molecule has 0 spiro atoms. The number of rotatable bonds is 3. The van der Waals surface area contributed by atoms with Gasteiger partial charge in [-0.15, -0.1) is 0 Å². The van der Waals surface area contributed by atoms with Gasteiger partial charge in [0.15, 0.2) is 0 Å². The van der Waals surface area contributed by atoms with Gasteiger partial charge >= 0.3 is 0 Å². The van der Waals surface area contributed by atoms with Crippen molar-refractivity contribution < 1.29 is 9.47 Å². The summed E-state index contributed by atoms with van der Waals surface area (Å²) in [6.07, 6.45) is 1.38. The third-order valence-corrected chi connectivity index (χ3v) is 2.30. The highest BCUT2D eigenvalue weighted by molar-refractivity contribution is 6.29. The number of hydrogen-bond donors (Lipinski definition) is 1. The molecule has 0 radical (unpaired) electrons. The molecule has 0 amide bonds. The Morgan fingerprint density at radius 2 is 1.75 bits per heavy atom. The van der Waals surface area contributed by atoms with E-state index in [-0.39, 0.29) is 0 Å². The van der Waals surface area contributed by atoms with Crippen molar-refractivity contribution in [3.63, 3.8) is 0 Å². The first kappa shape index (κ1) is 10.8. The van der Waals surface area contributed by atoms with Crippen molar-refractivity contribution in [3.05, 3.63) is 23.6 Å². The van der Waals surface area contributed by atoms with Crippen LogP contribution in [0.3, 0.4) is 0 Å². The predicted octanol–water partition coefficient (Wildman–Crippen LogP) is 2.14. The van der Waals surface area contributed by atoms with E-state index in [1.165, 1.54) is 20.5 Å². The van der Waals surface area contributed by atoms with Crippen molar-refractivity contribution in [1.29, 1.82) is 0 Å². The van der Waals surface area contributed by atoms with Crippen LogP contribution in [0.25, 0.3) is 11.3 Å². The molecule has 84 valence electrons. The Kier molecular flexibility index (Phi) is 2.96. The predicted molar refractivity (Wildman–Crippen MR) is 59.9 cm³/mol. The van der Waals surface area contributed by atoms with E-state index < -0.39 is 0 Å². The van der Waals surface area contributed by atoms with E-state index in [9.17, 15) is 0 Å². The smallest absolute Gasteiger partial charge is 0.229 e. The lowest BCUT2D eigenvalue weighted by atomic mass is 10.2. The minimum absolute atomic E-state index is 0.436. The molecular formula is C10H10ClN3O2. The van der Waals surface area contributed by atoms with Gasteiger partial charge in [-0.1, -0.05) is 11.6 Å². The second-order valence-electron chi connectivity index (χ2n) is 2.99. The number of H-pyrrole nitrogens is 1. The third kappa shape index (κ3) is 1.81. The average molecular weight is 240 g/mol. The molecule has 0 atom stereocenters. The molecule has 6 heteroatoms. The largest absolute Gasteiger partial charge is 0.480 e. The Balaban J connectivity index is 2.60.